The van der Waals surface area contributed by atoms with E-state index in [0.29, 0.717) is 31.6 Å². The van der Waals surface area contributed by atoms with Crippen molar-refractivity contribution < 1.29 is 14.6 Å². The lowest BCUT2D eigenvalue weighted by Gasteiger charge is -2.37. The summed E-state index contributed by atoms with van der Waals surface area (Å²) in [6, 6.07) is 6.19. The van der Waals surface area contributed by atoms with Crippen molar-refractivity contribution in [3.05, 3.63) is 23.8 Å². The summed E-state index contributed by atoms with van der Waals surface area (Å²) in [7, 11) is 0. The zero-order valence-electron chi connectivity index (χ0n) is 15.7. The topological polar surface area (TPSA) is 76.4 Å². The van der Waals surface area contributed by atoms with Gasteiger partial charge in [-0.15, -0.1) is 0 Å². The molecule has 26 heavy (non-hydrogen) atoms. The minimum Gasteiger partial charge on any atom is -0.380 e. The van der Waals surface area contributed by atoms with Gasteiger partial charge in [-0.3, -0.25) is 10.1 Å². The SMILES string of the molecule is CC(C)(C)CC(=O)Nc1nc2ccc(C3(O)COC3)cc2n1C1CCC1. The van der Waals surface area contributed by atoms with Crippen LogP contribution in [0.3, 0.4) is 0 Å². The smallest absolute Gasteiger partial charge is 0.227 e. The largest absolute Gasteiger partial charge is 0.380 e. The number of aliphatic hydroxyl groups is 1. The first kappa shape index (κ1) is 17.5. The Morgan fingerprint density at radius 3 is 2.65 bits per heavy atom. The summed E-state index contributed by atoms with van der Waals surface area (Å²) in [4.78, 5) is 17.1. The molecule has 2 aliphatic rings. The van der Waals surface area contributed by atoms with Crippen LogP contribution >= 0.6 is 0 Å². The fourth-order valence-electron chi connectivity index (χ4n) is 3.60. The number of fused-ring (bicyclic) bond motifs is 1. The van der Waals surface area contributed by atoms with Crippen molar-refractivity contribution in [3.63, 3.8) is 0 Å². The van der Waals surface area contributed by atoms with Crippen molar-refractivity contribution in [1.82, 2.24) is 9.55 Å². The van der Waals surface area contributed by atoms with Crippen LogP contribution in [0.25, 0.3) is 11.0 Å². The number of amides is 1. The average molecular weight is 357 g/mol. The van der Waals surface area contributed by atoms with Crippen molar-refractivity contribution in [2.24, 2.45) is 5.41 Å². The molecule has 0 spiro atoms. The monoisotopic (exact) mass is 357 g/mol. The van der Waals surface area contributed by atoms with Gasteiger partial charge in [-0.1, -0.05) is 26.8 Å². The molecule has 0 bridgehead atoms. The number of carbonyl (C=O) groups excluding carboxylic acids is 1. The number of nitrogens with zero attached hydrogens (tertiary/aromatic N) is 2. The lowest BCUT2D eigenvalue weighted by Crippen LogP contribution is -2.46. The number of benzene rings is 1. The van der Waals surface area contributed by atoms with E-state index in [0.717, 1.165) is 29.4 Å². The summed E-state index contributed by atoms with van der Waals surface area (Å²) in [5.41, 5.74) is 1.69. The quantitative estimate of drug-likeness (QED) is 0.880. The van der Waals surface area contributed by atoms with E-state index in [9.17, 15) is 9.90 Å². The van der Waals surface area contributed by atoms with E-state index in [1.807, 2.05) is 18.2 Å². The standard InChI is InChI=1S/C20H27N3O3/c1-19(2,3)10-17(24)22-18-21-15-8-7-13(20(25)11-26-12-20)9-16(15)23(18)14-5-4-6-14/h7-9,14,25H,4-6,10-12H2,1-3H3,(H,21,22,24). The molecular formula is C20H27N3O3. The second-order valence-corrected chi connectivity index (χ2v) is 8.90. The van der Waals surface area contributed by atoms with Gasteiger partial charge >= 0.3 is 0 Å². The second kappa shape index (κ2) is 6.06. The number of imidazole rings is 1. The molecule has 0 unspecified atom stereocenters. The Labute approximate surface area is 153 Å². The average Bonchev–Trinajstić information content (AvgIpc) is 2.78. The number of anilines is 1. The molecule has 1 aliphatic carbocycles. The fourth-order valence-corrected chi connectivity index (χ4v) is 3.60. The third kappa shape index (κ3) is 3.12. The van der Waals surface area contributed by atoms with E-state index >= 15 is 0 Å². The molecule has 1 aliphatic heterocycles. The molecule has 2 fully saturated rings. The van der Waals surface area contributed by atoms with Gasteiger partial charge in [0, 0.05) is 12.5 Å². The van der Waals surface area contributed by atoms with Gasteiger partial charge in [0.15, 0.2) is 0 Å². The molecule has 1 aromatic carbocycles. The van der Waals surface area contributed by atoms with Crippen molar-refractivity contribution in [2.45, 2.75) is 58.1 Å². The first-order valence-corrected chi connectivity index (χ1v) is 9.38. The maximum atomic E-state index is 12.4. The van der Waals surface area contributed by atoms with Crippen LogP contribution in [0.2, 0.25) is 0 Å². The predicted octanol–water partition coefficient (Wildman–Crippen LogP) is 3.35. The third-order valence-corrected chi connectivity index (χ3v) is 5.29. The summed E-state index contributed by atoms with van der Waals surface area (Å²) >= 11 is 0. The molecule has 1 saturated heterocycles. The van der Waals surface area contributed by atoms with Gasteiger partial charge in [-0.2, -0.15) is 0 Å². The lowest BCUT2D eigenvalue weighted by molar-refractivity contribution is -0.184. The normalized spacial score (nSPS) is 19.8. The van der Waals surface area contributed by atoms with E-state index in [4.69, 9.17) is 4.74 Å². The Bertz CT molecular complexity index is 842. The van der Waals surface area contributed by atoms with Gasteiger partial charge in [0.05, 0.1) is 24.2 Å². The van der Waals surface area contributed by atoms with Crippen LogP contribution in [0.1, 0.15) is 58.1 Å². The zero-order chi connectivity index (χ0) is 18.5. The van der Waals surface area contributed by atoms with Crippen LogP contribution in [0, 0.1) is 5.41 Å². The molecule has 140 valence electrons. The Morgan fingerprint density at radius 2 is 2.12 bits per heavy atom. The van der Waals surface area contributed by atoms with Crippen molar-refractivity contribution in [3.8, 4) is 0 Å². The van der Waals surface area contributed by atoms with Crippen LogP contribution < -0.4 is 5.32 Å². The van der Waals surface area contributed by atoms with E-state index < -0.39 is 5.60 Å². The molecule has 1 amide bonds. The summed E-state index contributed by atoms with van der Waals surface area (Å²) in [6.45, 7) is 6.80. The second-order valence-electron chi connectivity index (χ2n) is 8.90. The zero-order valence-corrected chi connectivity index (χ0v) is 15.7. The number of rotatable bonds is 4. The third-order valence-electron chi connectivity index (χ3n) is 5.29. The van der Waals surface area contributed by atoms with E-state index in [2.05, 4.69) is 35.6 Å². The molecule has 1 saturated carbocycles. The van der Waals surface area contributed by atoms with E-state index in [1.165, 1.54) is 6.42 Å². The number of carbonyl (C=O) groups is 1. The minimum atomic E-state index is -0.904. The number of ether oxygens (including phenoxy) is 1. The Morgan fingerprint density at radius 1 is 1.38 bits per heavy atom. The highest BCUT2D eigenvalue weighted by Crippen LogP contribution is 2.39. The highest BCUT2D eigenvalue weighted by Gasteiger charge is 2.38. The minimum absolute atomic E-state index is 0.0142. The van der Waals surface area contributed by atoms with Crippen LogP contribution in [0.15, 0.2) is 18.2 Å². The van der Waals surface area contributed by atoms with E-state index in [1.54, 1.807) is 0 Å². The van der Waals surface area contributed by atoms with Crippen molar-refractivity contribution >= 4 is 22.9 Å². The first-order chi connectivity index (χ1) is 12.3. The van der Waals surface area contributed by atoms with E-state index in [-0.39, 0.29) is 11.3 Å². The van der Waals surface area contributed by atoms with Gasteiger partial charge in [0.2, 0.25) is 11.9 Å². The van der Waals surface area contributed by atoms with Crippen LogP contribution in [0.4, 0.5) is 5.95 Å². The summed E-state index contributed by atoms with van der Waals surface area (Å²) in [5, 5.41) is 13.6. The maximum Gasteiger partial charge on any atom is 0.227 e. The highest BCUT2D eigenvalue weighted by atomic mass is 16.5. The van der Waals surface area contributed by atoms with Gasteiger partial charge in [-0.05, 0) is 42.4 Å². The molecule has 2 N–H and O–H groups in total. The molecule has 0 atom stereocenters. The summed E-state index contributed by atoms with van der Waals surface area (Å²) < 4.78 is 7.33. The number of aromatic nitrogens is 2. The molecule has 1 aromatic heterocycles. The predicted molar refractivity (Wildman–Crippen MR) is 100 cm³/mol. The van der Waals surface area contributed by atoms with Gasteiger partial charge in [0.25, 0.3) is 0 Å². The van der Waals surface area contributed by atoms with Crippen LogP contribution in [0.5, 0.6) is 0 Å². The summed E-state index contributed by atoms with van der Waals surface area (Å²) in [6.07, 6.45) is 3.82. The van der Waals surface area contributed by atoms with Crippen LogP contribution in [-0.4, -0.2) is 33.8 Å². The van der Waals surface area contributed by atoms with Gasteiger partial charge in [0.1, 0.15) is 5.60 Å². The number of hydrogen-bond acceptors (Lipinski definition) is 4. The van der Waals surface area contributed by atoms with Crippen LogP contribution in [-0.2, 0) is 15.1 Å². The summed E-state index contributed by atoms with van der Waals surface area (Å²) in [5.74, 6) is 0.604. The number of hydrogen-bond donors (Lipinski definition) is 2. The van der Waals surface area contributed by atoms with Gasteiger partial charge in [-0.25, -0.2) is 4.98 Å². The Balaban J connectivity index is 1.71. The Kier molecular flexibility index (Phi) is 4.08. The lowest BCUT2D eigenvalue weighted by atomic mass is 9.90. The van der Waals surface area contributed by atoms with Crippen molar-refractivity contribution in [2.75, 3.05) is 18.5 Å². The first-order valence-electron chi connectivity index (χ1n) is 9.38. The molecule has 4 rings (SSSR count). The molecular weight excluding hydrogens is 330 g/mol. The van der Waals surface area contributed by atoms with Crippen molar-refractivity contribution in [1.29, 1.82) is 0 Å². The fraction of sp³-hybridized carbons (Fsp3) is 0.600. The Hall–Kier alpha value is -1.92. The molecule has 2 aromatic rings. The molecule has 2 heterocycles. The molecule has 6 heteroatoms. The number of nitrogens with one attached hydrogen (secondary N) is 1. The molecule has 6 nitrogen and oxygen atoms in total. The molecule has 0 radical (unpaired) electrons. The highest BCUT2D eigenvalue weighted by molar-refractivity contribution is 5.92. The maximum absolute atomic E-state index is 12.4. The van der Waals surface area contributed by atoms with Gasteiger partial charge < -0.3 is 14.4 Å².